The summed E-state index contributed by atoms with van der Waals surface area (Å²) in [7, 11) is 0. The minimum Gasteiger partial charge on any atom is -0.373 e. The molecule has 0 radical (unpaired) electrons. The van der Waals surface area contributed by atoms with E-state index in [-0.39, 0.29) is 24.2 Å². The summed E-state index contributed by atoms with van der Waals surface area (Å²) >= 11 is 0. The molecule has 3 aliphatic heterocycles. The molecule has 0 spiro atoms. The van der Waals surface area contributed by atoms with Crippen LogP contribution in [0.15, 0.2) is 0 Å². The van der Waals surface area contributed by atoms with E-state index in [0.717, 1.165) is 19.8 Å². The molecule has 3 saturated heterocycles. The van der Waals surface area contributed by atoms with Crippen LogP contribution in [0.1, 0.15) is 6.42 Å². The van der Waals surface area contributed by atoms with E-state index in [1.54, 1.807) is 0 Å². The van der Waals surface area contributed by atoms with Crippen molar-refractivity contribution >= 4 is 5.91 Å². The fraction of sp³-hybridized carbons (Fsp3) is 0.900. The highest BCUT2D eigenvalue weighted by molar-refractivity contribution is 5.79. The van der Waals surface area contributed by atoms with Gasteiger partial charge in [-0.15, -0.1) is 0 Å². The zero-order valence-electron chi connectivity index (χ0n) is 8.55. The largest absolute Gasteiger partial charge is 0.373 e. The number of carbonyl (C=O) groups excluding carboxylic acids is 1. The van der Waals surface area contributed by atoms with Gasteiger partial charge in [-0.2, -0.15) is 0 Å². The summed E-state index contributed by atoms with van der Waals surface area (Å²) in [6, 6.07) is 0. The van der Waals surface area contributed by atoms with Crippen molar-refractivity contribution in [3.8, 4) is 0 Å². The molecular weight excluding hydrogens is 198 g/mol. The molecule has 0 bridgehead atoms. The van der Waals surface area contributed by atoms with Gasteiger partial charge in [-0.05, 0) is 0 Å². The molecule has 3 unspecified atom stereocenters. The van der Waals surface area contributed by atoms with Crippen molar-refractivity contribution in [1.29, 1.82) is 0 Å². The number of rotatable bonds is 5. The van der Waals surface area contributed by atoms with E-state index in [2.05, 4.69) is 0 Å². The maximum absolute atomic E-state index is 11.6. The minimum atomic E-state index is 0.0560. The summed E-state index contributed by atoms with van der Waals surface area (Å²) in [5, 5.41) is 0. The van der Waals surface area contributed by atoms with Crippen LogP contribution >= 0.6 is 0 Å². The fourth-order valence-electron chi connectivity index (χ4n) is 1.85. The Hall–Kier alpha value is -0.650. The molecule has 3 rings (SSSR count). The van der Waals surface area contributed by atoms with Crippen LogP contribution in [0.25, 0.3) is 0 Å². The highest BCUT2D eigenvalue weighted by Gasteiger charge is 2.36. The summed E-state index contributed by atoms with van der Waals surface area (Å²) < 4.78 is 15.8. The van der Waals surface area contributed by atoms with Gasteiger partial charge in [0.2, 0.25) is 5.91 Å². The highest BCUT2D eigenvalue weighted by Crippen LogP contribution is 2.20. The first-order valence-corrected chi connectivity index (χ1v) is 5.44. The van der Waals surface area contributed by atoms with Gasteiger partial charge in [-0.25, -0.2) is 0 Å². The second kappa shape index (κ2) is 3.73. The average Bonchev–Trinajstić information content (AvgIpc) is 3.08. The molecule has 0 aliphatic carbocycles. The number of hydrogen-bond donors (Lipinski definition) is 0. The third-order valence-electron chi connectivity index (χ3n) is 2.93. The zero-order chi connectivity index (χ0) is 10.3. The lowest BCUT2D eigenvalue weighted by atomic mass is 10.3. The van der Waals surface area contributed by atoms with Gasteiger partial charge in [0.25, 0.3) is 0 Å². The Balaban J connectivity index is 1.43. The molecule has 0 saturated carbocycles. The van der Waals surface area contributed by atoms with E-state index in [4.69, 9.17) is 14.2 Å². The van der Waals surface area contributed by atoms with Crippen LogP contribution in [-0.2, 0) is 19.0 Å². The van der Waals surface area contributed by atoms with E-state index in [9.17, 15) is 4.79 Å². The first-order chi connectivity index (χ1) is 7.31. The lowest BCUT2D eigenvalue weighted by Crippen LogP contribution is -2.30. The maximum atomic E-state index is 11.6. The van der Waals surface area contributed by atoms with Crippen LogP contribution < -0.4 is 0 Å². The molecule has 3 atom stereocenters. The van der Waals surface area contributed by atoms with Gasteiger partial charge in [0.15, 0.2) is 0 Å². The Kier molecular flexibility index (Phi) is 2.38. The molecule has 3 fully saturated rings. The monoisotopic (exact) mass is 213 g/mol. The normalized spacial score (nSPS) is 38.5. The van der Waals surface area contributed by atoms with Crippen molar-refractivity contribution < 1.29 is 19.0 Å². The van der Waals surface area contributed by atoms with Crippen molar-refractivity contribution in [3.63, 3.8) is 0 Å². The smallest absolute Gasteiger partial charge is 0.225 e. The van der Waals surface area contributed by atoms with Gasteiger partial charge in [0.1, 0.15) is 6.10 Å². The minimum absolute atomic E-state index is 0.0560. The lowest BCUT2D eigenvalue weighted by Gasteiger charge is -2.14. The number of ether oxygens (including phenoxy) is 3. The van der Waals surface area contributed by atoms with Gasteiger partial charge >= 0.3 is 0 Å². The number of hydrogen-bond acceptors (Lipinski definition) is 4. The first-order valence-electron chi connectivity index (χ1n) is 5.44. The third kappa shape index (κ3) is 2.48. The number of carbonyl (C=O) groups is 1. The van der Waals surface area contributed by atoms with E-state index in [0.29, 0.717) is 19.6 Å². The molecule has 0 aromatic carbocycles. The van der Waals surface area contributed by atoms with Gasteiger partial charge in [0.05, 0.1) is 38.4 Å². The van der Waals surface area contributed by atoms with Crippen molar-refractivity contribution in [2.45, 2.75) is 24.7 Å². The number of epoxide rings is 2. The SMILES string of the molecule is O=C1CC(OCC2CO2)CN1CC1CO1. The summed E-state index contributed by atoms with van der Waals surface area (Å²) in [5.41, 5.74) is 0. The lowest BCUT2D eigenvalue weighted by molar-refractivity contribution is -0.128. The van der Waals surface area contributed by atoms with Crippen LogP contribution in [-0.4, -0.2) is 62.0 Å². The molecule has 0 aromatic heterocycles. The standard InChI is InChI=1S/C10H15NO4/c12-10-1-7(13-5-9-6-15-9)2-11(10)3-8-4-14-8/h7-9H,1-6H2. The Morgan fingerprint density at radius 2 is 2.07 bits per heavy atom. The molecule has 0 N–H and O–H groups in total. The molecule has 0 aromatic rings. The molecule has 84 valence electrons. The van der Waals surface area contributed by atoms with Gasteiger partial charge in [-0.1, -0.05) is 0 Å². The van der Waals surface area contributed by atoms with Crippen LogP contribution in [0.5, 0.6) is 0 Å². The van der Waals surface area contributed by atoms with Crippen molar-refractivity contribution in [3.05, 3.63) is 0 Å². The van der Waals surface area contributed by atoms with Crippen molar-refractivity contribution in [2.24, 2.45) is 0 Å². The molecular formula is C10H15NO4. The summed E-state index contributed by atoms with van der Waals surface area (Å²) in [4.78, 5) is 13.4. The summed E-state index contributed by atoms with van der Waals surface area (Å²) in [6.45, 7) is 3.68. The van der Waals surface area contributed by atoms with E-state index in [1.165, 1.54) is 0 Å². The molecule has 3 heterocycles. The Morgan fingerprint density at radius 3 is 2.73 bits per heavy atom. The topological polar surface area (TPSA) is 54.6 Å². The van der Waals surface area contributed by atoms with Gasteiger partial charge in [0, 0.05) is 13.1 Å². The fourth-order valence-corrected chi connectivity index (χ4v) is 1.85. The molecule has 15 heavy (non-hydrogen) atoms. The van der Waals surface area contributed by atoms with Crippen molar-refractivity contribution in [1.82, 2.24) is 4.90 Å². The number of amides is 1. The van der Waals surface area contributed by atoms with E-state index in [1.807, 2.05) is 4.90 Å². The first kappa shape index (κ1) is 9.57. The third-order valence-corrected chi connectivity index (χ3v) is 2.93. The zero-order valence-corrected chi connectivity index (χ0v) is 8.55. The molecule has 3 aliphatic rings. The number of nitrogens with zero attached hydrogens (tertiary/aromatic N) is 1. The van der Waals surface area contributed by atoms with Crippen LogP contribution in [0.2, 0.25) is 0 Å². The Labute approximate surface area is 88.3 Å². The summed E-state index contributed by atoms with van der Waals surface area (Å²) in [6.07, 6.45) is 1.13. The predicted molar refractivity (Wildman–Crippen MR) is 50.4 cm³/mol. The predicted octanol–water partition coefficient (Wildman–Crippen LogP) is -0.598. The summed E-state index contributed by atoms with van der Waals surface area (Å²) in [5.74, 6) is 0.187. The molecule has 1 amide bonds. The Bertz CT molecular complexity index is 262. The van der Waals surface area contributed by atoms with Crippen LogP contribution in [0.3, 0.4) is 0 Å². The quantitative estimate of drug-likeness (QED) is 0.572. The van der Waals surface area contributed by atoms with E-state index >= 15 is 0 Å². The highest BCUT2D eigenvalue weighted by atomic mass is 16.6. The second-order valence-corrected chi connectivity index (χ2v) is 4.37. The maximum Gasteiger partial charge on any atom is 0.225 e. The number of likely N-dealkylation sites (tertiary alicyclic amines) is 1. The van der Waals surface area contributed by atoms with Crippen LogP contribution in [0, 0.1) is 0 Å². The van der Waals surface area contributed by atoms with Crippen LogP contribution in [0.4, 0.5) is 0 Å². The van der Waals surface area contributed by atoms with Gasteiger partial charge < -0.3 is 19.1 Å². The molecule has 5 nitrogen and oxygen atoms in total. The second-order valence-electron chi connectivity index (χ2n) is 4.37. The van der Waals surface area contributed by atoms with Crippen molar-refractivity contribution in [2.75, 3.05) is 32.9 Å². The van der Waals surface area contributed by atoms with Gasteiger partial charge in [-0.3, -0.25) is 4.79 Å². The van der Waals surface area contributed by atoms with E-state index < -0.39 is 0 Å². The average molecular weight is 213 g/mol. The molecule has 5 heteroatoms. The Morgan fingerprint density at radius 1 is 1.33 bits per heavy atom.